The van der Waals surface area contributed by atoms with Crippen molar-refractivity contribution in [3.8, 4) is 5.75 Å². The van der Waals surface area contributed by atoms with Gasteiger partial charge in [0.15, 0.2) is 0 Å². The first kappa shape index (κ1) is 14.2. The van der Waals surface area contributed by atoms with Gasteiger partial charge >= 0.3 is 5.63 Å². The normalized spacial score (nSPS) is 10.8. The van der Waals surface area contributed by atoms with Crippen LogP contribution in [0.25, 0.3) is 11.0 Å². The maximum atomic E-state index is 11.7. The van der Waals surface area contributed by atoms with Gasteiger partial charge in [0.05, 0.1) is 0 Å². The van der Waals surface area contributed by atoms with Crippen molar-refractivity contribution in [2.75, 3.05) is 5.32 Å². The van der Waals surface area contributed by atoms with E-state index in [1.807, 2.05) is 31.2 Å². The first-order valence-corrected chi connectivity index (χ1v) is 7.10. The number of nitrogens with one attached hydrogen (secondary N) is 1. The Balaban J connectivity index is 2.01. The second kappa shape index (κ2) is 5.56. The van der Waals surface area contributed by atoms with Crippen LogP contribution in [-0.4, -0.2) is 5.11 Å². The summed E-state index contributed by atoms with van der Waals surface area (Å²) in [6.07, 6.45) is 0. The van der Waals surface area contributed by atoms with E-state index < -0.39 is 0 Å². The smallest absolute Gasteiger partial charge is 0.336 e. The zero-order chi connectivity index (χ0) is 15.7. The van der Waals surface area contributed by atoms with Crippen molar-refractivity contribution in [3.63, 3.8) is 0 Å². The number of fused-ring (bicyclic) bond motifs is 1. The zero-order valence-electron chi connectivity index (χ0n) is 12.5. The van der Waals surface area contributed by atoms with E-state index in [0.29, 0.717) is 17.7 Å². The van der Waals surface area contributed by atoms with Crippen LogP contribution in [0.5, 0.6) is 5.75 Å². The number of benzene rings is 2. The maximum Gasteiger partial charge on any atom is 0.336 e. The molecule has 0 radical (unpaired) electrons. The molecule has 0 amide bonds. The van der Waals surface area contributed by atoms with E-state index in [-0.39, 0.29) is 11.4 Å². The van der Waals surface area contributed by atoms with Crippen LogP contribution in [0.3, 0.4) is 0 Å². The number of rotatable bonds is 3. The van der Waals surface area contributed by atoms with Crippen molar-refractivity contribution in [1.29, 1.82) is 0 Å². The van der Waals surface area contributed by atoms with Crippen molar-refractivity contribution in [2.24, 2.45) is 0 Å². The summed E-state index contributed by atoms with van der Waals surface area (Å²) in [5, 5.41) is 14.0. The summed E-state index contributed by atoms with van der Waals surface area (Å²) in [7, 11) is 0. The topological polar surface area (TPSA) is 62.5 Å². The van der Waals surface area contributed by atoms with Crippen LogP contribution in [0.4, 0.5) is 5.69 Å². The minimum atomic E-state index is -0.390. The van der Waals surface area contributed by atoms with Crippen LogP contribution in [0, 0.1) is 13.8 Å². The molecular weight excluding hydrogens is 278 g/mol. The predicted molar refractivity (Wildman–Crippen MR) is 87.4 cm³/mol. The lowest BCUT2D eigenvalue weighted by Gasteiger charge is -2.11. The van der Waals surface area contributed by atoms with Gasteiger partial charge < -0.3 is 14.8 Å². The molecule has 0 saturated heterocycles. The molecule has 0 aliphatic heterocycles. The van der Waals surface area contributed by atoms with E-state index in [2.05, 4.69) is 5.32 Å². The Kier molecular flexibility index (Phi) is 3.59. The average Bonchev–Trinajstić information content (AvgIpc) is 2.48. The third-order valence-corrected chi connectivity index (χ3v) is 3.76. The van der Waals surface area contributed by atoms with E-state index in [9.17, 15) is 9.90 Å². The number of hydrogen-bond donors (Lipinski definition) is 2. The lowest BCUT2D eigenvalue weighted by Crippen LogP contribution is -2.06. The first-order valence-electron chi connectivity index (χ1n) is 7.10. The summed E-state index contributed by atoms with van der Waals surface area (Å²) in [4.78, 5) is 11.7. The fourth-order valence-electron chi connectivity index (χ4n) is 2.47. The highest BCUT2D eigenvalue weighted by molar-refractivity contribution is 5.83. The van der Waals surface area contributed by atoms with Crippen LogP contribution < -0.4 is 10.9 Å². The molecule has 2 N–H and O–H groups in total. The number of para-hydroxylation sites is 1. The van der Waals surface area contributed by atoms with E-state index in [1.165, 1.54) is 6.07 Å². The van der Waals surface area contributed by atoms with Crippen molar-refractivity contribution in [3.05, 3.63) is 69.6 Å². The number of anilines is 1. The lowest BCUT2D eigenvalue weighted by molar-refractivity contribution is 0.471. The van der Waals surface area contributed by atoms with Crippen molar-refractivity contribution >= 4 is 16.7 Å². The van der Waals surface area contributed by atoms with Gasteiger partial charge in [-0.25, -0.2) is 4.79 Å². The van der Waals surface area contributed by atoms with Crippen LogP contribution in [0.15, 0.2) is 51.7 Å². The van der Waals surface area contributed by atoms with Gasteiger partial charge in [0.2, 0.25) is 0 Å². The van der Waals surface area contributed by atoms with E-state index in [4.69, 9.17) is 4.42 Å². The second-order valence-corrected chi connectivity index (χ2v) is 5.39. The molecule has 0 atom stereocenters. The first-order chi connectivity index (χ1) is 10.5. The molecular formula is C18H17NO3. The maximum absolute atomic E-state index is 11.7. The molecule has 2 aromatic carbocycles. The zero-order valence-corrected chi connectivity index (χ0v) is 12.5. The summed E-state index contributed by atoms with van der Waals surface area (Å²) in [5.74, 6) is 0.193. The molecule has 1 heterocycles. The standard InChI is InChI=1S/C18H17NO3/c1-11-5-3-4-6-15(11)19-10-13-8-18(21)22-17-7-12(2)16(20)9-14(13)17/h3-9,19-20H,10H2,1-2H3. The van der Waals surface area contributed by atoms with Crippen LogP contribution in [0.1, 0.15) is 16.7 Å². The Bertz CT molecular complexity index is 896. The predicted octanol–water partition coefficient (Wildman–Crippen LogP) is 3.73. The highest BCUT2D eigenvalue weighted by atomic mass is 16.4. The Morgan fingerprint density at radius 1 is 1.09 bits per heavy atom. The SMILES string of the molecule is Cc1cc2oc(=O)cc(CNc3ccccc3C)c2cc1O. The molecule has 4 nitrogen and oxygen atoms in total. The quantitative estimate of drug-likeness (QED) is 0.723. The molecule has 0 aliphatic carbocycles. The molecule has 0 bridgehead atoms. The highest BCUT2D eigenvalue weighted by Crippen LogP contribution is 2.26. The molecule has 112 valence electrons. The molecule has 3 aromatic rings. The summed E-state index contributed by atoms with van der Waals surface area (Å²) >= 11 is 0. The summed E-state index contributed by atoms with van der Waals surface area (Å²) < 4.78 is 5.22. The molecule has 22 heavy (non-hydrogen) atoms. The number of phenolic OH excluding ortho intramolecular Hbond substituents is 1. The number of aromatic hydroxyl groups is 1. The fourth-order valence-corrected chi connectivity index (χ4v) is 2.47. The number of phenols is 1. The number of aryl methyl sites for hydroxylation is 2. The third kappa shape index (κ3) is 2.68. The van der Waals surface area contributed by atoms with Gasteiger partial charge in [-0.15, -0.1) is 0 Å². The molecule has 3 rings (SSSR count). The van der Waals surface area contributed by atoms with Crippen molar-refractivity contribution in [1.82, 2.24) is 0 Å². The van der Waals surface area contributed by atoms with E-state index in [0.717, 1.165) is 22.2 Å². The second-order valence-electron chi connectivity index (χ2n) is 5.39. The molecule has 4 heteroatoms. The fraction of sp³-hybridized carbons (Fsp3) is 0.167. The van der Waals surface area contributed by atoms with Gasteiger partial charge in [0.1, 0.15) is 11.3 Å². The molecule has 1 aromatic heterocycles. The number of hydrogen-bond acceptors (Lipinski definition) is 4. The molecule has 0 aliphatic rings. The van der Waals surface area contributed by atoms with Crippen LogP contribution in [0.2, 0.25) is 0 Å². The van der Waals surface area contributed by atoms with Gasteiger partial charge in [-0.1, -0.05) is 18.2 Å². The van der Waals surface area contributed by atoms with Gasteiger partial charge in [0.25, 0.3) is 0 Å². The minimum absolute atomic E-state index is 0.193. The third-order valence-electron chi connectivity index (χ3n) is 3.76. The van der Waals surface area contributed by atoms with Crippen LogP contribution in [-0.2, 0) is 6.54 Å². The summed E-state index contributed by atoms with van der Waals surface area (Å²) in [6, 6.07) is 12.7. The molecule has 0 fully saturated rings. The van der Waals surface area contributed by atoms with Gasteiger partial charge in [-0.05, 0) is 48.7 Å². The highest BCUT2D eigenvalue weighted by Gasteiger charge is 2.09. The average molecular weight is 295 g/mol. The van der Waals surface area contributed by atoms with Crippen LogP contribution >= 0.6 is 0 Å². The van der Waals surface area contributed by atoms with Crippen molar-refractivity contribution in [2.45, 2.75) is 20.4 Å². The Hall–Kier alpha value is -2.75. The summed E-state index contributed by atoms with van der Waals surface area (Å²) in [5.41, 5.74) is 3.72. The molecule has 0 saturated carbocycles. The molecule has 0 spiro atoms. The van der Waals surface area contributed by atoms with Gasteiger partial charge in [-0.3, -0.25) is 0 Å². The van der Waals surface area contributed by atoms with Gasteiger partial charge in [-0.2, -0.15) is 0 Å². The largest absolute Gasteiger partial charge is 0.508 e. The Morgan fingerprint density at radius 3 is 2.64 bits per heavy atom. The summed E-state index contributed by atoms with van der Waals surface area (Å²) in [6.45, 7) is 4.28. The monoisotopic (exact) mass is 295 g/mol. The minimum Gasteiger partial charge on any atom is -0.508 e. The lowest BCUT2D eigenvalue weighted by atomic mass is 10.1. The van der Waals surface area contributed by atoms with Crippen molar-refractivity contribution < 1.29 is 9.52 Å². The Labute approximate surface area is 128 Å². The van der Waals surface area contributed by atoms with E-state index >= 15 is 0 Å². The van der Waals surface area contributed by atoms with Gasteiger partial charge in [0, 0.05) is 23.7 Å². The molecule has 0 unspecified atom stereocenters. The van der Waals surface area contributed by atoms with E-state index in [1.54, 1.807) is 19.1 Å². The Morgan fingerprint density at radius 2 is 1.86 bits per heavy atom.